The van der Waals surface area contributed by atoms with E-state index in [9.17, 15) is 9.18 Å². The van der Waals surface area contributed by atoms with Gasteiger partial charge in [-0.05, 0) is 31.2 Å². The number of hydrogen-bond acceptors (Lipinski definition) is 3. The number of hydrogen-bond donors (Lipinski definition) is 2. The SMILES string of the molecule is C[C@H](C(=O)Nc1ccc2c(c1)OCO2)[NH+](C)Cc1cccc(F)c1. The van der Waals surface area contributed by atoms with Gasteiger partial charge in [0.05, 0.1) is 7.05 Å². The van der Waals surface area contributed by atoms with Crippen LogP contribution in [0.25, 0.3) is 0 Å². The molecule has 1 amide bonds. The maximum atomic E-state index is 13.3. The number of benzene rings is 2. The molecule has 1 unspecified atom stereocenters. The van der Waals surface area contributed by atoms with Gasteiger partial charge < -0.3 is 19.7 Å². The molecule has 0 saturated heterocycles. The Morgan fingerprint density at radius 1 is 1.25 bits per heavy atom. The van der Waals surface area contributed by atoms with Gasteiger partial charge in [-0.25, -0.2) is 4.39 Å². The molecule has 0 fully saturated rings. The molecule has 6 heteroatoms. The third-order valence-electron chi connectivity index (χ3n) is 4.14. The Hall–Kier alpha value is -2.60. The zero-order chi connectivity index (χ0) is 17.1. The molecule has 126 valence electrons. The molecular formula is C18H20FN2O3+. The van der Waals surface area contributed by atoms with Crippen molar-refractivity contribution in [1.29, 1.82) is 0 Å². The first-order valence-corrected chi connectivity index (χ1v) is 7.80. The molecule has 2 aromatic rings. The average Bonchev–Trinajstić information content (AvgIpc) is 3.01. The van der Waals surface area contributed by atoms with Gasteiger partial charge in [0.25, 0.3) is 5.91 Å². The summed E-state index contributed by atoms with van der Waals surface area (Å²) in [5, 5.41) is 2.88. The van der Waals surface area contributed by atoms with E-state index in [0.29, 0.717) is 23.7 Å². The zero-order valence-corrected chi connectivity index (χ0v) is 13.6. The van der Waals surface area contributed by atoms with E-state index in [4.69, 9.17) is 9.47 Å². The van der Waals surface area contributed by atoms with E-state index in [1.807, 2.05) is 20.0 Å². The van der Waals surface area contributed by atoms with Crippen LogP contribution in [0.1, 0.15) is 12.5 Å². The quantitative estimate of drug-likeness (QED) is 0.875. The second kappa shape index (κ2) is 6.88. The largest absolute Gasteiger partial charge is 0.454 e. The number of amides is 1. The lowest BCUT2D eigenvalue weighted by Gasteiger charge is -2.21. The van der Waals surface area contributed by atoms with E-state index in [-0.39, 0.29) is 24.6 Å². The lowest BCUT2D eigenvalue weighted by atomic mass is 10.1. The number of carbonyl (C=O) groups excluding carboxylic acids is 1. The summed E-state index contributed by atoms with van der Waals surface area (Å²) in [7, 11) is 1.91. The van der Waals surface area contributed by atoms with Gasteiger partial charge in [0.1, 0.15) is 12.4 Å². The van der Waals surface area contributed by atoms with Gasteiger partial charge in [0.15, 0.2) is 17.5 Å². The van der Waals surface area contributed by atoms with Crippen molar-refractivity contribution in [3.63, 3.8) is 0 Å². The van der Waals surface area contributed by atoms with Crippen molar-refractivity contribution in [1.82, 2.24) is 0 Å². The molecule has 1 aliphatic rings. The fourth-order valence-corrected chi connectivity index (χ4v) is 2.57. The number of nitrogens with one attached hydrogen (secondary N) is 2. The van der Waals surface area contributed by atoms with Crippen LogP contribution in [0, 0.1) is 5.82 Å². The minimum Gasteiger partial charge on any atom is -0.454 e. The Morgan fingerprint density at radius 2 is 2.04 bits per heavy atom. The Morgan fingerprint density at radius 3 is 2.83 bits per heavy atom. The van der Waals surface area contributed by atoms with Crippen molar-refractivity contribution in [3.8, 4) is 11.5 Å². The predicted molar refractivity (Wildman–Crippen MR) is 87.6 cm³/mol. The third-order valence-corrected chi connectivity index (χ3v) is 4.14. The molecule has 2 aromatic carbocycles. The number of rotatable bonds is 5. The van der Waals surface area contributed by atoms with E-state index < -0.39 is 0 Å². The van der Waals surface area contributed by atoms with Crippen LogP contribution in [0.4, 0.5) is 10.1 Å². The Bertz CT molecular complexity index is 751. The van der Waals surface area contributed by atoms with Crippen LogP contribution in [0.15, 0.2) is 42.5 Å². The van der Waals surface area contributed by atoms with Crippen LogP contribution in [0.3, 0.4) is 0 Å². The number of ether oxygens (including phenoxy) is 2. The Labute approximate surface area is 140 Å². The summed E-state index contributed by atoms with van der Waals surface area (Å²) in [5.41, 5.74) is 1.52. The second-order valence-corrected chi connectivity index (χ2v) is 5.93. The van der Waals surface area contributed by atoms with E-state index in [1.54, 1.807) is 24.3 Å². The van der Waals surface area contributed by atoms with E-state index >= 15 is 0 Å². The summed E-state index contributed by atoms with van der Waals surface area (Å²) in [6, 6.07) is 11.4. The van der Waals surface area contributed by atoms with Crippen molar-refractivity contribution < 1.29 is 23.6 Å². The molecule has 0 aromatic heterocycles. The summed E-state index contributed by atoms with van der Waals surface area (Å²) in [6.45, 7) is 2.61. The first kappa shape index (κ1) is 16.3. The topological polar surface area (TPSA) is 52.0 Å². The molecule has 0 radical (unpaired) electrons. The monoisotopic (exact) mass is 331 g/mol. The predicted octanol–water partition coefficient (Wildman–Crippen LogP) is 1.60. The molecule has 1 heterocycles. The number of halogens is 1. The van der Waals surface area contributed by atoms with Gasteiger partial charge in [-0.3, -0.25) is 4.79 Å². The molecule has 1 aliphatic heterocycles. The lowest BCUT2D eigenvalue weighted by Crippen LogP contribution is -3.12. The van der Waals surface area contributed by atoms with E-state index in [2.05, 4.69) is 5.32 Å². The van der Waals surface area contributed by atoms with Crippen molar-refractivity contribution in [2.45, 2.75) is 19.5 Å². The zero-order valence-electron chi connectivity index (χ0n) is 13.6. The van der Waals surface area contributed by atoms with Crippen molar-refractivity contribution in [3.05, 3.63) is 53.8 Å². The van der Waals surface area contributed by atoms with Crippen LogP contribution in [-0.2, 0) is 11.3 Å². The molecule has 5 nitrogen and oxygen atoms in total. The normalized spacial score (nSPS) is 15.0. The number of fused-ring (bicyclic) bond motifs is 1. The highest BCUT2D eigenvalue weighted by Crippen LogP contribution is 2.34. The molecule has 2 N–H and O–H groups in total. The molecule has 2 atom stereocenters. The highest BCUT2D eigenvalue weighted by atomic mass is 19.1. The van der Waals surface area contributed by atoms with Gasteiger partial charge in [-0.15, -0.1) is 0 Å². The van der Waals surface area contributed by atoms with Crippen molar-refractivity contribution >= 4 is 11.6 Å². The summed E-state index contributed by atoms with van der Waals surface area (Å²) < 4.78 is 23.8. The van der Waals surface area contributed by atoms with Crippen molar-refractivity contribution in [2.75, 3.05) is 19.2 Å². The van der Waals surface area contributed by atoms with Crippen LogP contribution in [0.5, 0.6) is 11.5 Å². The van der Waals surface area contributed by atoms with Gasteiger partial charge in [0.2, 0.25) is 6.79 Å². The molecule has 0 bridgehead atoms. The van der Waals surface area contributed by atoms with Gasteiger partial charge in [0, 0.05) is 17.3 Å². The maximum absolute atomic E-state index is 13.3. The van der Waals surface area contributed by atoms with E-state index in [1.165, 1.54) is 12.1 Å². The average molecular weight is 331 g/mol. The second-order valence-electron chi connectivity index (χ2n) is 5.93. The summed E-state index contributed by atoms with van der Waals surface area (Å²) in [5.74, 6) is 0.927. The molecular weight excluding hydrogens is 311 g/mol. The minimum atomic E-state index is -0.293. The molecule has 0 aliphatic carbocycles. The third kappa shape index (κ3) is 3.65. The molecule has 3 rings (SSSR count). The molecule has 24 heavy (non-hydrogen) atoms. The summed E-state index contributed by atoms with van der Waals surface area (Å²) in [6.07, 6.45) is 0. The van der Waals surface area contributed by atoms with Crippen LogP contribution < -0.4 is 19.7 Å². The summed E-state index contributed by atoms with van der Waals surface area (Å²) in [4.78, 5) is 13.4. The smallest absolute Gasteiger partial charge is 0.282 e. The first-order chi connectivity index (χ1) is 11.5. The Balaban J connectivity index is 1.61. The number of likely N-dealkylation sites (N-methyl/N-ethyl adjacent to an activating group) is 1. The van der Waals surface area contributed by atoms with Gasteiger partial charge in [-0.1, -0.05) is 12.1 Å². The van der Waals surface area contributed by atoms with Crippen LogP contribution >= 0.6 is 0 Å². The van der Waals surface area contributed by atoms with Gasteiger partial charge >= 0.3 is 0 Å². The van der Waals surface area contributed by atoms with Gasteiger partial charge in [-0.2, -0.15) is 0 Å². The standard InChI is InChI=1S/C18H19FN2O3/c1-12(21(2)10-13-4-3-5-14(19)8-13)18(22)20-15-6-7-16-17(9-15)24-11-23-16/h3-9,12H,10-11H2,1-2H3,(H,20,22)/p+1/t12-/m1/s1. The van der Waals surface area contributed by atoms with Crippen LogP contribution in [-0.4, -0.2) is 25.8 Å². The Kier molecular flexibility index (Phi) is 4.66. The summed E-state index contributed by atoms with van der Waals surface area (Å²) >= 11 is 0. The highest BCUT2D eigenvalue weighted by Gasteiger charge is 2.23. The highest BCUT2D eigenvalue weighted by molar-refractivity contribution is 5.93. The lowest BCUT2D eigenvalue weighted by molar-refractivity contribution is -0.907. The number of carbonyl (C=O) groups is 1. The first-order valence-electron chi connectivity index (χ1n) is 7.80. The maximum Gasteiger partial charge on any atom is 0.282 e. The molecule has 0 spiro atoms. The van der Waals surface area contributed by atoms with E-state index in [0.717, 1.165) is 10.5 Å². The fourth-order valence-electron chi connectivity index (χ4n) is 2.57. The van der Waals surface area contributed by atoms with Crippen LogP contribution in [0.2, 0.25) is 0 Å². The number of anilines is 1. The number of quaternary nitrogens is 1. The minimum absolute atomic E-state index is 0.109. The molecule has 0 saturated carbocycles. The fraction of sp³-hybridized carbons (Fsp3) is 0.278. The van der Waals surface area contributed by atoms with Crippen molar-refractivity contribution in [2.24, 2.45) is 0 Å².